The smallest absolute Gasteiger partial charge is 0.266 e. The Morgan fingerprint density at radius 2 is 1.92 bits per heavy atom. The number of nitriles is 1. The van der Waals surface area contributed by atoms with E-state index in [-0.39, 0.29) is 11.7 Å². The second kappa shape index (κ2) is 9.07. The van der Waals surface area contributed by atoms with E-state index in [1.807, 2.05) is 32.0 Å². The quantitative estimate of drug-likeness (QED) is 0.544. The molecule has 1 amide bonds. The zero-order chi connectivity index (χ0) is 19.1. The molecule has 6 heteroatoms. The van der Waals surface area contributed by atoms with Crippen LogP contribution in [0.1, 0.15) is 19.4 Å². The second-order valence-electron chi connectivity index (χ2n) is 5.70. The highest BCUT2D eigenvalue weighted by Gasteiger charge is 2.13. The van der Waals surface area contributed by atoms with Gasteiger partial charge < -0.3 is 14.8 Å². The Hall–Kier alpha value is -2.78. The van der Waals surface area contributed by atoms with E-state index in [1.54, 1.807) is 37.4 Å². The highest BCUT2D eigenvalue weighted by Crippen LogP contribution is 2.28. The van der Waals surface area contributed by atoms with E-state index in [9.17, 15) is 10.1 Å². The zero-order valence-corrected chi connectivity index (χ0v) is 16.3. The Kier molecular flexibility index (Phi) is 6.81. The third kappa shape index (κ3) is 5.36. The lowest BCUT2D eigenvalue weighted by Crippen LogP contribution is -2.13. The van der Waals surface area contributed by atoms with Gasteiger partial charge in [-0.05, 0) is 56.3 Å². The van der Waals surface area contributed by atoms with Crippen LogP contribution in [0.25, 0.3) is 6.08 Å². The molecule has 2 rings (SSSR count). The highest BCUT2D eigenvalue weighted by molar-refractivity contribution is 9.10. The molecule has 0 fully saturated rings. The summed E-state index contributed by atoms with van der Waals surface area (Å²) in [6.45, 7) is 3.80. The number of rotatable bonds is 6. The first-order valence-electron chi connectivity index (χ1n) is 7.96. The molecule has 0 atom stereocenters. The van der Waals surface area contributed by atoms with Crippen molar-refractivity contribution >= 4 is 33.6 Å². The second-order valence-corrected chi connectivity index (χ2v) is 6.62. The van der Waals surface area contributed by atoms with E-state index in [4.69, 9.17) is 9.47 Å². The number of ether oxygens (including phenoxy) is 2. The maximum atomic E-state index is 12.4. The van der Waals surface area contributed by atoms with Crippen molar-refractivity contribution in [2.24, 2.45) is 0 Å². The third-order valence-corrected chi connectivity index (χ3v) is 3.88. The number of hydrogen-bond donors (Lipinski definition) is 1. The van der Waals surface area contributed by atoms with Gasteiger partial charge in [0.25, 0.3) is 5.91 Å². The summed E-state index contributed by atoms with van der Waals surface area (Å²) in [6.07, 6.45) is 1.45. The maximum absolute atomic E-state index is 12.4. The molecule has 2 aromatic rings. The minimum absolute atomic E-state index is 0.0216. The van der Waals surface area contributed by atoms with Gasteiger partial charge in [-0.25, -0.2) is 0 Å². The molecule has 0 unspecified atom stereocenters. The topological polar surface area (TPSA) is 71.3 Å². The molecule has 26 heavy (non-hydrogen) atoms. The fourth-order valence-electron chi connectivity index (χ4n) is 2.15. The van der Waals surface area contributed by atoms with Gasteiger partial charge in [-0.1, -0.05) is 15.9 Å². The molecule has 0 heterocycles. The monoisotopic (exact) mass is 414 g/mol. The van der Waals surface area contributed by atoms with Gasteiger partial charge in [0.05, 0.1) is 13.2 Å². The molecule has 5 nitrogen and oxygen atoms in total. The summed E-state index contributed by atoms with van der Waals surface area (Å²) in [5, 5.41) is 12.1. The first-order chi connectivity index (χ1) is 12.4. The van der Waals surface area contributed by atoms with Gasteiger partial charge in [-0.2, -0.15) is 5.26 Å². The van der Waals surface area contributed by atoms with E-state index in [0.717, 1.165) is 4.47 Å². The van der Waals surface area contributed by atoms with Gasteiger partial charge >= 0.3 is 0 Å². The Labute approximate surface area is 161 Å². The van der Waals surface area contributed by atoms with Gasteiger partial charge in [0.2, 0.25) is 0 Å². The molecule has 0 saturated heterocycles. The average Bonchev–Trinajstić information content (AvgIpc) is 2.61. The van der Waals surface area contributed by atoms with Crippen LogP contribution in [0.4, 0.5) is 5.69 Å². The Bertz CT molecular complexity index is 852. The molecule has 0 spiro atoms. The number of nitrogens with one attached hydrogen (secondary N) is 1. The number of carbonyl (C=O) groups is 1. The number of carbonyl (C=O) groups excluding carboxylic acids is 1. The number of anilines is 1. The van der Waals surface area contributed by atoms with Crippen LogP contribution in [0.15, 0.2) is 52.5 Å². The van der Waals surface area contributed by atoms with Crippen LogP contribution in [-0.2, 0) is 4.79 Å². The van der Waals surface area contributed by atoms with Crippen molar-refractivity contribution < 1.29 is 14.3 Å². The summed E-state index contributed by atoms with van der Waals surface area (Å²) in [5.41, 5.74) is 1.21. The molecule has 0 aliphatic carbocycles. The van der Waals surface area contributed by atoms with Gasteiger partial charge in [0.1, 0.15) is 23.1 Å². The number of halogens is 1. The van der Waals surface area contributed by atoms with Crippen molar-refractivity contribution in [3.8, 4) is 17.6 Å². The van der Waals surface area contributed by atoms with Crippen molar-refractivity contribution in [1.82, 2.24) is 0 Å². The Morgan fingerprint density at radius 3 is 2.50 bits per heavy atom. The number of amides is 1. The van der Waals surface area contributed by atoms with Gasteiger partial charge in [-0.3, -0.25) is 4.79 Å². The van der Waals surface area contributed by atoms with Crippen LogP contribution in [-0.4, -0.2) is 19.1 Å². The lowest BCUT2D eigenvalue weighted by atomic mass is 10.1. The van der Waals surface area contributed by atoms with Crippen LogP contribution in [0, 0.1) is 11.3 Å². The van der Waals surface area contributed by atoms with Crippen LogP contribution >= 0.6 is 15.9 Å². The summed E-state index contributed by atoms with van der Waals surface area (Å²) in [5.74, 6) is 0.695. The lowest BCUT2D eigenvalue weighted by molar-refractivity contribution is -0.112. The molecule has 134 valence electrons. The fraction of sp³-hybridized carbons (Fsp3) is 0.200. The molecule has 0 bridgehead atoms. The van der Waals surface area contributed by atoms with Crippen LogP contribution in [0.2, 0.25) is 0 Å². The average molecular weight is 415 g/mol. The first kappa shape index (κ1) is 19.5. The predicted molar refractivity (Wildman–Crippen MR) is 105 cm³/mol. The third-order valence-electron chi connectivity index (χ3n) is 3.35. The van der Waals surface area contributed by atoms with E-state index >= 15 is 0 Å². The minimum atomic E-state index is -0.485. The largest absolute Gasteiger partial charge is 0.497 e. The molecule has 0 aliphatic rings. The molecule has 1 N–H and O–H groups in total. The van der Waals surface area contributed by atoms with Crippen molar-refractivity contribution in [2.45, 2.75) is 20.0 Å². The number of nitrogens with zero attached hydrogens (tertiary/aromatic N) is 1. The van der Waals surface area contributed by atoms with Gasteiger partial charge in [0, 0.05) is 21.8 Å². The van der Waals surface area contributed by atoms with E-state index in [2.05, 4.69) is 21.2 Å². The van der Waals surface area contributed by atoms with Crippen molar-refractivity contribution in [3.05, 3.63) is 58.1 Å². The fourth-order valence-corrected chi connectivity index (χ4v) is 2.42. The zero-order valence-electron chi connectivity index (χ0n) is 14.7. The van der Waals surface area contributed by atoms with Crippen LogP contribution in [0.3, 0.4) is 0 Å². The molecule has 0 aromatic heterocycles. The summed E-state index contributed by atoms with van der Waals surface area (Å²) >= 11 is 3.34. The maximum Gasteiger partial charge on any atom is 0.266 e. The SMILES string of the molecule is COc1ccc(/C=C(\C#N)C(=O)Nc2ccc(Br)cc2)c(OC(C)C)c1. The molecule has 2 aromatic carbocycles. The van der Waals surface area contributed by atoms with Crippen molar-refractivity contribution in [3.63, 3.8) is 0 Å². The normalized spacial score (nSPS) is 11.0. The molecule has 0 saturated carbocycles. The van der Waals surface area contributed by atoms with Crippen LogP contribution < -0.4 is 14.8 Å². The lowest BCUT2D eigenvalue weighted by Gasteiger charge is -2.14. The number of benzene rings is 2. The van der Waals surface area contributed by atoms with Crippen LogP contribution in [0.5, 0.6) is 11.5 Å². The summed E-state index contributed by atoms with van der Waals surface area (Å²) in [4.78, 5) is 12.4. The first-order valence-corrected chi connectivity index (χ1v) is 8.75. The Balaban J connectivity index is 2.31. The minimum Gasteiger partial charge on any atom is -0.497 e. The molecular weight excluding hydrogens is 396 g/mol. The van der Waals surface area contributed by atoms with E-state index in [0.29, 0.717) is 22.7 Å². The van der Waals surface area contributed by atoms with Crippen molar-refractivity contribution in [1.29, 1.82) is 5.26 Å². The molecule has 0 aliphatic heterocycles. The van der Waals surface area contributed by atoms with E-state index in [1.165, 1.54) is 6.08 Å². The number of hydrogen-bond acceptors (Lipinski definition) is 4. The number of methoxy groups -OCH3 is 1. The predicted octanol–water partition coefficient (Wildman–Crippen LogP) is 4.79. The van der Waals surface area contributed by atoms with Gasteiger partial charge in [0.15, 0.2) is 0 Å². The van der Waals surface area contributed by atoms with Crippen molar-refractivity contribution in [2.75, 3.05) is 12.4 Å². The summed E-state index contributed by atoms with van der Waals surface area (Å²) in [6, 6.07) is 14.3. The van der Waals surface area contributed by atoms with E-state index < -0.39 is 5.91 Å². The summed E-state index contributed by atoms with van der Waals surface area (Å²) in [7, 11) is 1.57. The van der Waals surface area contributed by atoms with Gasteiger partial charge in [-0.15, -0.1) is 0 Å². The summed E-state index contributed by atoms with van der Waals surface area (Å²) < 4.78 is 11.9. The molecule has 0 radical (unpaired) electrons. The molecular formula is C20H19BrN2O3. The standard InChI is InChI=1S/C20H19BrN2O3/c1-13(2)26-19-11-18(25-3)9-4-14(19)10-15(12-22)20(24)23-17-7-5-16(21)6-8-17/h4-11,13H,1-3H3,(H,23,24)/b15-10+. The Morgan fingerprint density at radius 1 is 1.23 bits per heavy atom. The highest BCUT2D eigenvalue weighted by atomic mass is 79.9.